The molecule has 1 heterocycles. The van der Waals surface area contributed by atoms with Crippen LogP contribution in [0.3, 0.4) is 0 Å². The SMILES string of the molecule is CN1C(=O)/C(=N\C(=O)OC(C)(C)C)c2ccc(Cl)cc21. The van der Waals surface area contributed by atoms with Crippen LogP contribution in [0.5, 0.6) is 0 Å². The third kappa shape index (κ3) is 2.82. The molecule has 1 aromatic carbocycles. The first kappa shape index (κ1) is 14.5. The molecule has 0 saturated heterocycles. The summed E-state index contributed by atoms with van der Waals surface area (Å²) in [7, 11) is 1.61. The van der Waals surface area contributed by atoms with Crippen molar-refractivity contribution < 1.29 is 14.3 Å². The van der Waals surface area contributed by atoms with Crippen LogP contribution in [0.4, 0.5) is 10.5 Å². The molecule has 0 bridgehead atoms. The van der Waals surface area contributed by atoms with Gasteiger partial charge in [-0.1, -0.05) is 11.6 Å². The van der Waals surface area contributed by atoms with Crippen molar-refractivity contribution in [2.24, 2.45) is 4.99 Å². The molecular formula is C14H15ClN2O3. The summed E-state index contributed by atoms with van der Waals surface area (Å²) in [5.41, 5.74) is 0.628. The molecule has 2 amide bonds. The van der Waals surface area contributed by atoms with Crippen LogP contribution in [0.15, 0.2) is 23.2 Å². The number of carbonyl (C=O) groups is 2. The largest absolute Gasteiger partial charge is 0.442 e. The van der Waals surface area contributed by atoms with Gasteiger partial charge in [0.25, 0.3) is 5.91 Å². The van der Waals surface area contributed by atoms with Crippen molar-refractivity contribution in [2.45, 2.75) is 26.4 Å². The van der Waals surface area contributed by atoms with E-state index in [0.29, 0.717) is 16.3 Å². The van der Waals surface area contributed by atoms with E-state index in [1.165, 1.54) is 4.90 Å². The molecule has 20 heavy (non-hydrogen) atoms. The number of hydrogen-bond acceptors (Lipinski definition) is 3. The minimum absolute atomic E-state index is 0.0772. The van der Waals surface area contributed by atoms with Crippen LogP contribution in [0.1, 0.15) is 26.3 Å². The second kappa shape index (κ2) is 4.90. The third-order valence-corrected chi connectivity index (χ3v) is 2.92. The highest BCUT2D eigenvalue weighted by molar-refractivity contribution is 6.55. The minimum Gasteiger partial charge on any atom is -0.442 e. The molecule has 0 aromatic heterocycles. The lowest BCUT2D eigenvalue weighted by Gasteiger charge is -2.17. The molecule has 0 N–H and O–H groups in total. The number of carbonyl (C=O) groups excluding carboxylic acids is 2. The Morgan fingerprint density at radius 1 is 1.35 bits per heavy atom. The zero-order valence-electron chi connectivity index (χ0n) is 11.7. The van der Waals surface area contributed by atoms with Gasteiger partial charge in [0.15, 0.2) is 0 Å². The Labute approximate surface area is 122 Å². The van der Waals surface area contributed by atoms with Crippen molar-refractivity contribution in [2.75, 3.05) is 11.9 Å². The van der Waals surface area contributed by atoms with Crippen LogP contribution in [0.2, 0.25) is 5.02 Å². The second-order valence-electron chi connectivity index (χ2n) is 5.47. The maximum Gasteiger partial charge on any atom is 0.434 e. The van der Waals surface area contributed by atoms with Gasteiger partial charge in [0.05, 0.1) is 5.69 Å². The number of ether oxygens (including phenoxy) is 1. The number of likely N-dealkylation sites (N-methyl/N-ethyl adjacent to an activating group) is 1. The average Bonchev–Trinajstić information content (AvgIpc) is 2.52. The van der Waals surface area contributed by atoms with E-state index in [1.807, 2.05) is 0 Å². The van der Waals surface area contributed by atoms with Crippen LogP contribution in [-0.2, 0) is 9.53 Å². The molecule has 0 spiro atoms. The summed E-state index contributed by atoms with van der Waals surface area (Å²) in [5.74, 6) is -0.354. The van der Waals surface area contributed by atoms with E-state index < -0.39 is 11.7 Å². The highest BCUT2D eigenvalue weighted by Crippen LogP contribution is 2.31. The Bertz CT molecular complexity index is 617. The number of benzene rings is 1. The first-order valence-electron chi connectivity index (χ1n) is 6.09. The Morgan fingerprint density at radius 3 is 2.60 bits per heavy atom. The fraction of sp³-hybridized carbons (Fsp3) is 0.357. The summed E-state index contributed by atoms with van der Waals surface area (Å²) in [6.07, 6.45) is -0.781. The smallest absolute Gasteiger partial charge is 0.434 e. The predicted molar refractivity (Wildman–Crippen MR) is 77.6 cm³/mol. The topological polar surface area (TPSA) is 59.0 Å². The number of aliphatic imine (C=N–C) groups is 1. The van der Waals surface area contributed by atoms with Crippen molar-refractivity contribution in [3.63, 3.8) is 0 Å². The molecule has 5 nitrogen and oxygen atoms in total. The van der Waals surface area contributed by atoms with E-state index in [-0.39, 0.29) is 11.6 Å². The fourth-order valence-corrected chi connectivity index (χ4v) is 2.02. The number of nitrogens with zero attached hydrogens (tertiary/aromatic N) is 2. The van der Waals surface area contributed by atoms with Crippen LogP contribution < -0.4 is 4.90 Å². The van der Waals surface area contributed by atoms with Gasteiger partial charge in [-0.2, -0.15) is 4.99 Å². The van der Waals surface area contributed by atoms with Crippen LogP contribution in [-0.4, -0.2) is 30.4 Å². The van der Waals surface area contributed by atoms with Crippen LogP contribution >= 0.6 is 11.6 Å². The van der Waals surface area contributed by atoms with Crippen molar-refractivity contribution >= 4 is 35.0 Å². The zero-order valence-corrected chi connectivity index (χ0v) is 12.5. The van der Waals surface area contributed by atoms with E-state index in [9.17, 15) is 9.59 Å². The highest BCUT2D eigenvalue weighted by atomic mass is 35.5. The summed E-state index contributed by atoms with van der Waals surface area (Å²) >= 11 is 5.91. The number of halogens is 1. The van der Waals surface area contributed by atoms with Gasteiger partial charge in [-0.25, -0.2) is 4.79 Å². The lowest BCUT2D eigenvalue weighted by atomic mass is 10.1. The minimum atomic E-state index is -0.781. The molecule has 1 aliphatic rings. The molecule has 0 aliphatic carbocycles. The summed E-state index contributed by atoms with van der Waals surface area (Å²) in [4.78, 5) is 29.0. The lowest BCUT2D eigenvalue weighted by molar-refractivity contribution is -0.112. The van der Waals surface area contributed by atoms with Crippen molar-refractivity contribution in [1.29, 1.82) is 0 Å². The third-order valence-electron chi connectivity index (χ3n) is 2.68. The first-order valence-corrected chi connectivity index (χ1v) is 6.46. The van der Waals surface area contributed by atoms with Crippen molar-refractivity contribution in [3.05, 3.63) is 28.8 Å². The summed E-state index contributed by atoms with van der Waals surface area (Å²) < 4.78 is 5.10. The molecule has 2 rings (SSSR count). The molecule has 0 atom stereocenters. The maximum atomic E-state index is 12.1. The molecule has 106 valence electrons. The molecule has 1 aliphatic heterocycles. The Morgan fingerprint density at radius 2 is 2.00 bits per heavy atom. The maximum absolute atomic E-state index is 12.1. The van der Waals surface area contributed by atoms with Gasteiger partial charge in [-0.3, -0.25) is 4.79 Å². The van der Waals surface area contributed by atoms with Gasteiger partial charge >= 0.3 is 6.09 Å². The van der Waals surface area contributed by atoms with Crippen molar-refractivity contribution in [3.8, 4) is 0 Å². The van der Waals surface area contributed by atoms with E-state index in [1.54, 1.807) is 46.0 Å². The quantitative estimate of drug-likeness (QED) is 0.739. The number of fused-ring (bicyclic) bond motifs is 1. The highest BCUT2D eigenvalue weighted by Gasteiger charge is 2.32. The van der Waals surface area contributed by atoms with E-state index >= 15 is 0 Å². The predicted octanol–water partition coefficient (Wildman–Crippen LogP) is 3.04. The summed E-state index contributed by atoms with van der Waals surface area (Å²) in [5, 5.41) is 0.516. The van der Waals surface area contributed by atoms with Crippen LogP contribution in [0.25, 0.3) is 0 Å². The lowest BCUT2D eigenvalue weighted by Crippen LogP contribution is -2.27. The normalized spacial score (nSPS) is 16.6. The molecule has 0 saturated carbocycles. The fourth-order valence-electron chi connectivity index (χ4n) is 1.85. The second-order valence-corrected chi connectivity index (χ2v) is 5.90. The standard InChI is InChI=1S/C14H15ClN2O3/c1-14(2,3)20-13(19)16-11-9-6-5-8(15)7-10(9)17(4)12(11)18/h5-7H,1-4H3/b16-11-. The van der Waals surface area contributed by atoms with Crippen molar-refractivity contribution in [1.82, 2.24) is 0 Å². The van der Waals surface area contributed by atoms with Gasteiger partial charge in [-0.05, 0) is 39.0 Å². The molecule has 0 fully saturated rings. The monoisotopic (exact) mass is 294 g/mol. The van der Waals surface area contributed by atoms with E-state index in [0.717, 1.165) is 0 Å². The molecule has 0 unspecified atom stereocenters. The summed E-state index contributed by atoms with van der Waals surface area (Å²) in [6.45, 7) is 5.21. The molecule has 1 aromatic rings. The molecular weight excluding hydrogens is 280 g/mol. The van der Waals surface area contributed by atoms with Gasteiger partial charge in [0.2, 0.25) is 0 Å². The van der Waals surface area contributed by atoms with E-state index in [2.05, 4.69) is 4.99 Å². The van der Waals surface area contributed by atoms with E-state index in [4.69, 9.17) is 16.3 Å². The number of anilines is 1. The Balaban J connectivity index is 2.39. The van der Waals surface area contributed by atoms with Gasteiger partial charge in [0, 0.05) is 17.6 Å². The first-order chi connectivity index (χ1) is 9.19. The number of amides is 2. The van der Waals surface area contributed by atoms with Gasteiger partial charge < -0.3 is 9.64 Å². The summed E-state index contributed by atoms with van der Waals surface area (Å²) in [6, 6.07) is 4.98. The van der Waals surface area contributed by atoms with Gasteiger partial charge in [-0.15, -0.1) is 0 Å². The number of hydrogen-bond donors (Lipinski definition) is 0. The Kier molecular flexibility index (Phi) is 3.56. The van der Waals surface area contributed by atoms with Crippen LogP contribution in [0, 0.1) is 0 Å². The Hall–Kier alpha value is -1.88. The molecule has 6 heteroatoms. The zero-order chi connectivity index (χ0) is 15.1. The number of rotatable bonds is 0. The van der Waals surface area contributed by atoms with Gasteiger partial charge in [0.1, 0.15) is 11.3 Å². The molecule has 0 radical (unpaired) electrons. The average molecular weight is 295 g/mol.